The van der Waals surface area contributed by atoms with E-state index in [0.29, 0.717) is 6.42 Å². The van der Waals surface area contributed by atoms with Crippen LogP contribution < -0.4 is 4.90 Å². The van der Waals surface area contributed by atoms with Crippen LogP contribution in [0.5, 0.6) is 0 Å². The average molecular weight is 332 g/mol. The van der Waals surface area contributed by atoms with Crippen molar-refractivity contribution in [2.45, 2.75) is 13.3 Å². The van der Waals surface area contributed by atoms with Gasteiger partial charge in [0.15, 0.2) is 5.78 Å². The molecule has 0 aliphatic carbocycles. The number of carbonyl (C=O) groups is 1. The van der Waals surface area contributed by atoms with Crippen molar-refractivity contribution in [1.29, 1.82) is 0 Å². The van der Waals surface area contributed by atoms with E-state index in [2.05, 4.69) is 39.9 Å². The van der Waals surface area contributed by atoms with Gasteiger partial charge in [0.05, 0.1) is 0 Å². The van der Waals surface area contributed by atoms with Crippen molar-refractivity contribution in [3.05, 3.63) is 64.6 Å². The first-order valence-corrected chi connectivity index (χ1v) is 7.58. The topological polar surface area (TPSA) is 20.3 Å². The van der Waals surface area contributed by atoms with Gasteiger partial charge >= 0.3 is 0 Å². The highest BCUT2D eigenvalue weighted by Gasteiger charge is 2.09. The molecule has 0 aliphatic rings. The largest absolute Gasteiger partial charge is 0.371 e. The van der Waals surface area contributed by atoms with Gasteiger partial charge in [-0.2, -0.15) is 0 Å². The van der Waals surface area contributed by atoms with Crippen molar-refractivity contribution in [3.8, 4) is 0 Å². The molecule has 0 radical (unpaired) electrons. The van der Waals surface area contributed by atoms with Crippen LogP contribution in [-0.4, -0.2) is 18.9 Å². The molecule has 20 heavy (non-hydrogen) atoms. The van der Waals surface area contributed by atoms with Crippen LogP contribution >= 0.6 is 15.9 Å². The predicted octanol–water partition coefficient (Wildman–Crippen LogP) is 4.55. The fourth-order valence-corrected chi connectivity index (χ4v) is 2.55. The van der Waals surface area contributed by atoms with Crippen molar-refractivity contribution >= 4 is 27.4 Å². The van der Waals surface area contributed by atoms with Crippen LogP contribution in [0.3, 0.4) is 0 Å². The molecule has 2 aromatic rings. The second-order valence-corrected chi connectivity index (χ2v) is 5.51. The van der Waals surface area contributed by atoms with Gasteiger partial charge in [0.2, 0.25) is 0 Å². The van der Waals surface area contributed by atoms with Gasteiger partial charge in [-0.05, 0) is 31.2 Å². The highest BCUT2D eigenvalue weighted by atomic mass is 79.9. The van der Waals surface area contributed by atoms with Crippen LogP contribution in [-0.2, 0) is 0 Å². The molecule has 0 unspecified atom stereocenters. The maximum absolute atomic E-state index is 12.2. The zero-order valence-electron chi connectivity index (χ0n) is 11.6. The Balaban J connectivity index is 1.98. The number of halogens is 1. The zero-order valence-corrected chi connectivity index (χ0v) is 13.1. The minimum atomic E-state index is 0.181. The first kappa shape index (κ1) is 14.8. The minimum absolute atomic E-state index is 0.181. The van der Waals surface area contributed by atoms with E-state index in [9.17, 15) is 4.79 Å². The molecule has 0 heterocycles. The summed E-state index contributed by atoms with van der Waals surface area (Å²) in [6, 6.07) is 17.8. The van der Waals surface area contributed by atoms with Crippen molar-refractivity contribution in [2.75, 3.05) is 18.0 Å². The van der Waals surface area contributed by atoms with Crippen LogP contribution in [0.1, 0.15) is 23.7 Å². The fraction of sp³-hybridized carbons (Fsp3) is 0.235. The molecule has 0 amide bonds. The lowest BCUT2D eigenvalue weighted by Gasteiger charge is -2.22. The van der Waals surface area contributed by atoms with Crippen LogP contribution in [0.25, 0.3) is 0 Å². The van der Waals surface area contributed by atoms with Crippen molar-refractivity contribution in [3.63, 3.8) is 0 Å². The first-order valence-electron chi connectivity index (χ1n) is 6.79. The summed E-state index contributed by atoms with van der Waals surface area (Å²) < 4.78 is 0.943. The first-order chi connectivity index (χ1) is 9.70. The number of benzene rings is 2. The van der Waals surface area contributed by atoms with Gasteiger partial charge in [-0.15, -0.1) is 0 Å². The van der Waals surface area contributed by atoms with Gasteiger partial charge in [-0.3, -0.25) is 4.79 Å². The number of anilines is 1. The molecule has 0 saturated heterocycles. The smallest absolute Gasteiger partial charge is 0.164 e. The number of ketones is 1. The molecule has 3 heteroatoms. The lowest BCUT2D eigenvalue weighted by atomic mass is 10.1. The van der Waals surface area contributed by atoms with Crippen LogP contribution in [0.4, 0.5) is 5.69 Å². The third-order valence-electron chi connectivity index (χ3n) is 3.26. The predicted molar refractivity (Wildman–Crippen MR) is 87.4 cm³/mol. The second kappa shape index (κ2) is 7.25. The summed E-state index contributed by atoms with van der Waals surface area (Å²) in [6.45, 7) is 3.75. The Morgan fingerprint density at radius 1 is 1.10 bits per heavy atom. The Morgan fingerprint density at radius 3 is 2.50 bits per heavy atom. The lowest BCUT2D eigenvalue weighted by molar-refractivity contribution is 0.0984. The summed E-state index contributed by atoms with van der Waals surface area (Å²) in [6.07, 6.45) is 0.527. The molecule has 2 aromatic carbocycles. The molecule has 0 N–H and O–H groups in total. The number of hydrogen-bond acceptors (Lipinski definition) is 2. The Morgan fingerprint density at radius 2 is 1.85 bits per heavy atom. The van der Waals surface area contributed by atoms with E-state index in [4.69, 9.17) is 0 Å². The third kappa shape index (κ3) is 3.94. The number of rotatable bonds is 6. The average Bonchev–Trinajstić information content (AvgIpc) is 2.49. The molecule has 2 rings (SSSR count). The molecule has 0 aliphatic heterocycles. The fourth-order valence-electron chi connectivity index (χ4n) is 2.15. The maximum Gasteiger partial charge on any atom is 0.164 e. The second-order valence-electron chi connectivity index (χ2n) is 4.60. The van der Waals surface area contributed by atoms with Crippen LogP contribution in [0.15, 0.2) is 59.1 Å². The molecule has 0 spiro atoms. The van der Waals surface area contributed by atoms with E-state index in [1.807, 2.05) is 42.5 Å². The number of nitrogens with zero attached hydrogens (tertiary/aromatic N) is 1. The van der Waals surface area contributed by atoms with Crippen molar-refractivity contribution < 1.29 is 4.79 Å². The molecule has 2 nitrogen and oxygen atoms in total. The molecule has 104 valence electrons. The van der Waals surface area contributed by atoms with Crippen LogP contribution in [0.2, 0.25) is 0 Å². The Hall–Kier alpha value is -1.61. The summed E-state index contributed by atoms with van der Waals surface area (Å²) in [7, 11) is 0. The van der Waals surface area contributed by atoms with E-state index >= 15 is 0 Å². The Labute approximate surface area is 128 Å². The molecular formula is C17H18BrNO. The number of Topliss-reactive ketones (excluding diaryl/α,β-unsaturated/α-hetero) is 1. The molecular weight excluding hydrogens is 314 g/mol. The third-order valence-corrected chi connectivity index (χ3v) is 3.75. The number of hydrogen-bond donors (Lipinski definition) is 0. The van der Waals surface area contributed by atoms with E-state index in [1.165, 1.54) is 0 Å². The molecule has 0 saturated carbocycles. The SMILES string of the molecule is CCN(CCC(=O)c1cccc(Br)c1)c1ccccc1. The minimum Gasteiger partial charge on any atom is -0.371 e. The van der Waals surface area contributed by atoms with Crippen molar-refractivity contribution in [2.24, 2.45) is 0 Å². The van der Waals surface area contributed by atoms with Gasteiger partial charge in [-0.1, -0.05) is 46.3 Å². The zero-order chi connectivity index (χ0) is 14.4. The summed E-state index contributed by atoms with van der Waals surface area (Å²) in [5.41, 5.74) is 1.93. The van der Waals surface area contributed by atoms with E-state index in [0.717, 1.165) is 28.8 Å². The molecule has 0 aromatic heterocycles. The van der Waals surface area contributed by atoms with Gasteiger partial charge < -0.3 is 4.90 Å². The molecule has 0 atom stereocenters. The summed E-state index contributed by atoms with van der Waals surface area (Å²) in [4.78, 5) is 14.4. The van der Waals surface area contributed by atoms with Gasteiger partial charge in [0, 0.05) is 35.2 Å². The summed E-state index contributed by atoms with van der Waals surface area (Å²) in [5, 5.41) is 0. The van der Waals surface area contributed by atoms with Crippen molar-refractivity contribution in [1.82, 2.24) is 0 Å². The highest BCUT2D eigenvalue weighted by Crippen LogP contribution is 2.16. The quantitative estimate of drug-likeness (QED) is 0.724. The Kier molecular flexibility index (Phi) is 5.36. The highest BCUT2D eigenvalue weighted by molar-refractivity contribution is 9.10. The van der Waals surface area contributed by atoms with Gasteiger partial charge in [-0.25, -0.2) is 0 Å². The molecule has 0 bridgehead atoms. The van der Waals surface area contributed by atoms with E-state index < -0.39 is 0 Å². The summed E-state index contributed by atoms with van der Waals surface area (Å²) >= 11 is 3.40. The van der Waals surface area contributed by atoms with E-state index in [1.54, 1.807) is 0 Å². The molecule has 0 fully saturated rings. The van der Waals surface area contributed by atoms with Crippen LogP contribution in [0, 0.1) is 0 Å². The lowest BCUT2D eigenvalue weighted by Crippen LogP contribution is -2.25. The summed E-state index contributed by atoms with van der Waals surface area (Å²) in [5.74, 6) is 0.181. The van der Waals surface area contributed by atoms with E-state index in [-0.39, 0.29) is 5.78 Å². The standard InChI is InChI=1S/C17H18BrNO/c1-2-19(16-9-4-3-5-10-16)12-11-17(20)14-7-6-8-15(18)13-14/h3-10,13H,2,11-12H2,1H3. The van der Waals surface area contributed by atoms with Gasteiger partial charge in [0.1, 0.15) is 0 Å². The number of carbonyl (C=O) groups excluding carboxylic acids is 1. The Bertz CT molecular complexity index is 568. The van der Waals surface area contributed by atoms with Gasteiger partial charge in [0.25, 0.3) is 0 Å². The number of para-hydroxylation sites is 1. The monoisotopic (exact) mass is 331 g/mol. The normalized spacial score (nSPS) is 10.3. The maximum atomic E-state index is 12.2.